The van der Waals surface area contributed by atoms with Gasteiger partial charge in [0.05, 0.1) is 6.04 Å². The molecule has 0 aromatic heterocycles. The van der Waals surface area contributed by atoms with Gasteiger partial charge in [-0.25, -0.2) is 0 Å². The van der Waals surface area contributed by atoms with E-state index in [9.17, 15) is 0 Å². The van der Waals surface area contributed by atoms with Crippen LogP contribution in [0, 0.1) is 5.92 Å². The predicted molar refractivity (Wildman–Crippen MR) is 81.7 cm³/mol. The van der Waals surface area contributed by atoms with Gasteiger partial charge in [-0.05, 0) is 30.7 Å². The number of nitrogens with one attached hydrogen (secondary N) is 1. The summed E-state index contributed by atoms with van der Waals surface area (Å²) in [6, 6.07) is 12.1. The highest BCUT2D eigenvalue weighted by atomic mass is 32.2. The zero-order valence-corrected chi connectivity index (χ0v) is 11.9. The third kappa shape index (κ3) is 2.40. The van der Waals surface area contributed by atoms with E-state index in [0.717, 1.165) is 5.92 Å². The van der Waals surface area contributed by atoms with E-state index in [1.165, 1.54) is 42.2 Å². The third-order valence-corrected chi connectivity index (χ3v) is 5.75. The number of fused-ring (bicyclic) bond motifs is 1. The van der Waals surface area contributed by atoms with E-state index in [-0.39, 0.29) is 0 Å². The smallest absolute Gasteiger partial charge is 0.157 e. The number of amidine groups is 1. The van der Waals surface area contributed by atoms with Crippen LogP contribution < -0.4 is 5.32 Å². The predicted octanol–water partition coefficient (Wildman–Crippen LogP) is 3.40. The van der Waals surface area contributed by atoms with E-state index >= 15 is 0 Å². The van der Waals surface area contributed by atoms with Gasteiger partial charge < -0.3 is 5.32 Å². The summed E-state index contributed by atoms with van der Waals surface area (Å²) in [7, 11) is 0. The number of benzene rings is 1. The summed E-state index contributed by atoms with van der Waals surface area (Å²) in [5, 5.41) is 4.88. The van der Waals surface area contributed by atoms with Crippen molar-refractivity contribution in [1.82, 2.24) is 5.32 Å². The number of thioether (sulfide) groups is 1. The molecular weight excluding hydrogens is 252 g/mol. The lowest BCUT2D eigenvalue weighted by Crippen LogP contribution is -2.31. The summed E-state index contributed by atoms with van der Waals surface area (Å²) in [4.78, 5) is 4.92. The van der Waals surface area contributed by atoms with Crippen LogP contribution in [0.5, 0.6) is 0 Å². The molecular formula is C16H20N2S. The zero-order chi connectivity index (χ0) is 12.7. The minimum Gasteiger partial charge on any atom is -0.362 e. The van der Waals surface area contributed by atoms with Crippen molar-refractivity contribution in [2.75, 3.05) is 5.75 Å². The van der Waals surface area contributed by atoms with E-state index in [1.807, 2.05) is 11.8 Å². The Hall–Kier alpha value is -0.960. The summed E-state index contributed by atoms with van der Waals surface area (Å²) in [5.74, 6) is 2.84. The maximum absolute atomic E-state index is 4.92. The van der Waals surface area contributed by atoms with Gasteiger partial charge in [-0.3, -0.25) is 4.99 Å². The fourth-order valence-corrected chi connectivity index (χ4v) is 4.62. The van der Waals surface area contributed by atoms with Crippen LogP contribution in [0.15, 0.2) is 35.3 Å². The second-order valence-corrected chi connectivity index (χ2v) is 7.02. The Morgan fingerprint density at radius 2 is 2.05 bits per heavy atom. The van der Waals surface area contributed by atoms with Crippen molar-refractivity contribution in [2.24, 2.45) is 10.9 Å². The van der Waals surface area contributed by atoms with Gasteiger partial charge in [0.1, 0.15) is 0 Å². The lowest BCUT2D eigenvalue weighted by Gasteiger charge is -2.23. The highest BCUT2D eigenvalue weighted by molar-refractivity contribution is 8.13. The molecule has 3 aliphatic rings. The molecule has 3 heteroatoms. The largest absolute Gasteiger partial charge is 0.362 e. The Morgan fingerprint density at radius 3 is 2.95 bits per heavy atom. The second kappa shape index (κ2) is 4.86. The molecule has 2 fully saturated rings. The second-order valence-electron chi connectivity index (χ2n) is 6.01. The van der Waals surface area contributed by atoms with Crippen molar-refractivity contribution in [3.63, 3.8) is 0 Å². The van der Waals surface area contributed by atoms with Crippen LogP contribution in [0.2, 0.25) is 0 Å². The van der Waals surface area contributed by atoms with Gasteiger partial charge >= 0.3 is 0 Å². The van der Waals surface area contributed by atoms with Crippen LogP contribution in [0.4, 0.5) is 0 Å². The Morgan fingerprint density at radius 1 is 1.16 bits per heavy atom. The van der Waals surface area contributed by atoms with Crippen LogP contribution >= 0.6 is 11.8 Å². The fraction of sp³-hybridized carbons (Fsp3) is 0.562. The first kappa shape index (κ1) is 11.8. The molecule has 100 valence electrons. The zero-order valence-electron chi connectivity index (χ0n) is 11.1. The van der Waals surface area contributed by atoms with Crippen LogP contribution in [0.1, 0.15) is 37.2 Å². The summed E-state index contributed by atoms with van der Waals surface area (Å²) in [6.07, 6.45) is 5.34. The lowest BCUT2D eigenvalue weighted by atomic mass is 10.1. The van der Waals surface area contributed by atoms with E-state index in [0.29, 0.717) is 18.0 Å². The maximum Gasteiger partial charge on any atom is 0.157 e. The third-order valence-electron chi connectivity index (χ3n) is 4.66. The van der Waals surface area contributed by atoms with Crippen molar-refractivity contribution < 1.29 is 0 Å². The van der Waals surface area contributed by atoms with Crippen molar-refractivity contribution in [1.29, 1.82) is 0 Å². The van der Waals surface area contributed by atoms with E-state index < -0.39 is 0 Å². The van der Waals surface area contributed by atoms with Gasteiger partial charge in [-0.2, -0.15) is 0 Å². The highest BCUT2D eigenvalue weighted by Crippen LogP contribution is 2.42. The SMILES string of the molecule is c1ccc(C2CC2NC2=NC3CCCC3CS2)cc1. The molecule has 0 amide bonds. The van der Waals surface area contributed by atoms with Crippen molar-refractivity contribution in [2.45, 2.75) is 43.7 Å². The van der Waals surface area contributed by atoms with Gasteiger partial charge in [0.15, 0.2) is 5.17 Å². The standard InChI is InChI=1S/C16H20N2S/c1-2-5-11(6-3-1)13-9-15(13)18-16-17-14-8-4-7-12(14)10-19-16/h1-3,5-6,12-15H,4,7-10H2,(H,17,18). The Balaban J connectivity index is 1.39. The molecule has 1 N–H and O–H groups in total. The topological polar surface area (TPSA) is 24.4 Å². The Bertz CT molecular complexity index is 485. The number of rotatable bonds is 2. The van der Waals surface area contributed by atoms with Crippen molar-refractivity contribution in [3.05, 3.63) is 35.9 Å². The van der Waals surface area contributed by atoms with Crippen molar-refractivity contribution >= 4 is 16.9 Å². The van der Waals surface area contributed by atoms with Gasteiger partial charge in [-0.1, -0.05) is 48.5 Å². The van der Waals surface area contributed by atoms with E-state index in [4.69, 9.17) is 4.99 Å². The summed E-state index contributed by atoms with van der Waals surface area (Å²) < 4.78 is 0. The summed E-state index contributed by atoms with van der Waals surface area (Å²) in [5.41, 5.74) is 1.47. The highest BCUT2D eigenvalue weighted by Gasteiger charge is 2.40. The van der Waals surface area contributed by atoms with E-state index in [2.05, 4.69) is 35.6 Å². The molecule has 1 heterocycles. The molecule has 2 saturated carbocycles. The minimum absolute atomic E-state index is 0.617. The molecule has 0 saturated heterocycles. The van der Waals surface area contributed by atoms with E-state index in [1.54, 1.807) is 0 Å². The molecule has 0 radical (unpaired) electrons. The first-order valence-electron chi connectivity index (χ1n) is 7.42. The van der Waals surface area contributed by atoms with Gasteiger partial charge in [0.2, 0.25) is 0 Å². The lowest BCUT2D eigenvalue weighted by molar-refractivity contribution is 0.532. The minimum atomic E-state index is 0.617. The average molecular weight is 272 g/mol. The number of nitrogens with zero attached hydrogens (tertiary/aromatic N) is 1. The molecule has 4 rings (SSSR count). The average Bonchev–Trinajstić information content (AvgIpc) is 3.06. The molecule has 0 bridgehead atoms. The molecule has 1 aliphatic heterocycles. The van der Waals surface area contributed by atoms with Gasteiger partial charge in [-0.15, -0.1) is 0 Å². The van der Waals surface area contributed by atoms with Gasteiger partial charge in [0, 0.05) is 17.7 Å². The first-order chi connectivity index (χ1) is 9.40. The van der Waals surface area contributed by atoms with Crippen LogP contribution in [0.3, 0.4) is 0 Å². The number of hydrogen-bond donors (Lipinski definition) is 1. The summed E-state index contributed by atoms with van der Waals surface area (Å²) >= 11 is 1.94. The monoisotopic (exact) mass is 272 g/mol. The molecule has 1 aromatic carbocycles. The fourth-order valence-electron chi connectivity index (χ4n) is 3.42. The quantitative estimate of drug-likeness (QED) is 0.892. The molecule has 2 nitrogen and oxygen atoms in total. The molecule has 2 aliphatic carbocycles. The Labute approximate surface area is 119 Å². The molecule has 1 aromatic rings. The van der Waals surface area contributed by atoms with Gasteiger partial charge in [0.25, 0.3) is 0 Å². The van der Waals surface area contributed by atoms with Crippen molar-refractivity contribution in [3.8, 4) is 0 Å². The van der Waals surface area contributed by atoms with Crippen LogP contribution in [0.25, 0.3) is 0 Å². The maximum atomic E-state index is 4.92. The molecule has 4 atom stereocenters. The first-order valence-corrected chi connectivity index (χ1v) is 8.41. The Kier molecular flexibility index (Phi) is 3.03. The molecule has 19 heavy (non-hydrogen) atoms. The molecule has 0 spiro atoms. The van der Waals surface area contributed by atoms with Crippen LogP contribution in [-0.4, -0.2) is 23.0 Å². The van der Waals surface area contributed by atoms with Crippen LogP contribution in [-0.2, 0) is 0 Å². The number of hydrogen-bond acceptors (Lipinski definition) is 3. The molecule has 4 unspecified atom stereocenters. The number of aliphatic imine (C=N–C) groups is 1. The normalized spacial score (nSPS) is 36.5. The summed E-state index contributed by atoms with van der Waals surface area (Å²) in [6.45, 7) is 0.